The Kier molecular flexibility index (Phi) is 11.2. The SMILES string of the molecule is C=CC(=O)NC(C)C(C)CC[NH+](CCCC)C(C)CCS(=O)(=O)[O-]. The number of unbranched alkanes of at least 4 members (excludes halogenated alkanes) is 1. The molecule has 0 spiro atoms. The molecule has 142 valence electrons. The van der Waals surface area contributed by atoms with Gasteiger partial charge in [0.05, 0.1) is 29.2 Å². The fraction of sp³-hybridized carbons (Fsp3) is 0.824. The summed E-state index contributed by atoms with van der Waals surface area (Å²) < 4.78 is 32.5. The molecule has 0 aromatic heterocycles. The van der Waals surface area contributed by atoms with E-state index in [0.717, 1.165) is 32.4 Å². The summed E-state index contributed by atoms with van der Waals surface area (Å²) in [7, 11) is -4.15. The maximum atomic E-state index is 11.4. The molecule has 0 aromatic carbocycles. The molecule has 0 aliphatic rings. The van der Waals surface area contributed by atoms with Gasteiger partial charge in [0.2, 0.25) is 5.91 Å². The molecule has 24 heavy (non-hydrogen) atoms. The number of rotatable bonds is 13. The van der Waals surface area contributed by atoms with Crippen LogP contribution in [0.15, 0.2) is 12.7 Å². The van der Waals surface area contributed by atoms with Crippen molar-refractivity contribution in [2.45, 2.75) is 65.5 Å². The predicted molar refractivity (Wildman–Crippen MR) is 95.8 cm³/mol. The first-order chi connectivity index (χ1) is 11.1. The number of quaternary nitrogens is 1. The Morgan fingerprint density at radius 1 is 1.25 bits per heavy atom. The Bertz CT molecular complexity index is 479. The molecule has 0 heterocycles. The van der Waals surface area contributed by atoms with Crippen LogP contribution in [0.1, 0.15) is 53.4 Å². The molecular weight excluding hydrogens is 328 g/mol. The van der Waals surface area contributed by atoms with Crippen LogP contribution in [-0.2, 0) is 14.9 Å². The third kappa shape index (κ3) is 10.8. The number of carbonyl (C=O) groups is 1. The Hall–Kier alpha value is -0.920. The molecule has 0 fully saturated rings. The third-order valence-corrected chi connectivity index (χ3v) is 5.41. The van der Waals surface area contributed by atoms with Crippen LogP contribution in [0.3, 0.4) is 0 Å². The molecule has 0 aliphatic heterocycles. The highest BCUT2D eigenvalue weighted by Crippen LogP contribution is 2.06. The summed E-state index contributed by atoms with van der Waals surface area (Å²) in [5.74, 6) is -0.162. The van der Waals surface area contributed by atoms with Crippen LogP contribution in [0.25, 0.3) is 0 Å². The first-order valence-corrected chi connectivity index (χ1v) is 10.4. The van der Waals surface area contributed by atoms with Gasteiger partial charge in [-0.15, -0.1) is 0 Å². The quantitative estimate of drug-likeness (QED) is 0.373. The van der Waals surface area contributed by atoms with E-state index in [-0.39, 0.29) is 23.7 Å². The van der Waals surface area contributed by atoms with Crippen LogP contribution in [0, 0.1) is 5.92 Å². The van der Waals surface area contributed by atoms with Crippen molar-refractivity contribution < 1.29 is 22.7 Å². The van der Waals surface area contributed by atoms with Crippen molar-refractivity contribution in [3.8, 4) is 0 Å². The summed E-state index contributed by atoms with van der Waals surface area (Å²) in [6, 6.07) is 0.186. The molecule has 0 saturated carbocycles. The zero-order valence-electron chi connectivity index (χ0n) is 15.5. The predicted octanol–water partition coefficient (Wildman–Crippen LogP) is 0.712. The number of amides is 1. The maximum Gasteiger partial charge on any atom is 0.243 e. The van der Waals surface area contributed by atoms with Crippen molar-refractivity contribution in [1.82, 2.24) is 5.32 Å². The summed E-state index contributed by atoms with van der Waals surface area (Å²) in [6.45, 7) is 13.5. The second-order valence-electron chi connectivity index (χ2n) is 6.73. The van der Waals surface area contributed by atoms with Crippen molar-refractivity contribution in [2.24, 2.45) is 5.92 Å². The van der Waals surface area contributed by atoms with E-state index in [4.69, 9.17) is 0 Å². The minimum absolute atomic E-state index is 0.0558. The van der Waals surface area contributed by atoms with Gasteiger partial charge in [0.15, 0.2) is 0 Å². The average Bonchev–Trinajstić information content (AvgIpc) is 2.51. The first kappa shape index (κ1) is 23.1. The van der Waals surface area contributed by atoms with Crippen LogP contribution in [0.5, 0.6) is 0 Å². The Balaban J connectivity index is 4.54. The molecular formula is C17H34N2O4S. The van der Waals surface area contributed by atoms with Crippen LogP contribution >= 0.6 is 0 Å². The number of nitrogens with one attached hydrogen (secondary N) is 2. The van der Waals surface area contributed by atoms with Crippen LogP contribution in [0.4, 0.5) is 0 Å². The zero-order valence-corrected chi connectivity index (χ0v) is 16.3. The maximum absolute atomic E-state index is 11.4. The smallest absolute Gasteiger partial charge is 0.243 e. The standard InChI is InChI=1S/C17H34N2O4S/c1-6-8-11-19(15(4)10-13-24(21,22)23)12-9-14(3)16(5)18-17(20)7-2/h7,14-16H,2,6,8-13H2,1,3-5H3,(H,18,20)(H,21,22,23). The molecule has 4 atom stereocenters. The number of hydrogen-bond acceptors (Lipinski definition) is 4. The van der Waals surface area contributed by atoms with Gasteiger partial charge in [-0.05, 0) is 32.3 Å². The second-order valence-corrected chi connectivity index (χ2v) is 8.25. The van der Waals surface area contributed by atoms with Crippen LogP contribution in [-0.4, -0.2) is 49.8 Å². The van der Waals surface area contributed by atoms with Gasteiger partial charge in [-0.25, -0.2) is 8.42 Å². The Labute approximate surface area is 147 Å². The molecule has 0 aromatic rings. The number of carbonyl (C=O) groups excluding carboxylic acids is 1. The van der Waals surface area contributed by atoms with E-state index in [1.807, 2.05) is 13.8 Å². The molecule has 0 radical (unpaired) electrons. The Morgan fingerprint density at radius 2 is 1.88 bits per heavy atom. The first-order valence-electron chi connectivity index (χ1n) is 8.81. The van der Waals surface area contributed by atoms with Crippen molar-refractivity contribution in [3.63, 3.8) is 0 Å². The zero-order chi connectivity index (χ0) is 18.8. The van der Waals surface area contributed by atoms with Crippen molar-refractivity contribution >= 4 is 16.0 Å². The summed E-state index contributed by atoms with van der Waals surface area (Å²) >= 11 is 0. The fourth-order valence-electron chi connectivity index (χ4n) is 2.64. The van der Waals surface area contributed by atoms with E-state index in [9.17, 15) is 17.8 Å². The monoisotopic (exact) mass is 362 g/mol. The fourth-order valence-corrected chi connectivity index (χ4v) is 3.28. The lowest BCUT2D eigenvalue weighted by Crippen LogP contribution is -3.15. The van der Waals surface area contributed by atoms with E-state index < -0.39 is 10.1 Å². The molecule has 6 nitrogen and oxygen atoms in total. The summed E-state index contributed by atoms with van der Waals surface area (Å²) in [5.41, 5.74) is 0. The van der Waals surface area contributed by atoms with Gasteiger partial charge < -0.3 is 14.8 Å². The van der Waals surface area contributed by atoms with Gasteiger partial charge in [0, 0.05) is 24.6 Å². The lowest BCUT2D eigenvalue weighted by atomic mass is 9.98. The van der Waals surface area contributed by atoms with E-state index >= 15 is 0 Å². The van der Waals surface area contributed by atoms with E-state index in [2.05, 4.69) is 25.7 Å². The summed E-state index contributed by atoms with van der Waals surface area (Å²) in [6.07, 6.45) is 4.74. The van der Waals surface area contributed by atoms with Gasteiger partial charge in [-0.2, -0.15) is 0 Å². The minimum Gasteiger partial charge on any atom is -0.748 e. The third-order valence-electron chi connectivity index (χ3n) is 4.68. The highest BCUT2D eigenvalue weighted by Gasteiger charge is 2.21. The van der Waals surface area contributed by atoms with Gasteiger partial charge in [-0.1, -0.05) is 26.8 Å². The van der Waals surface area contributed by atoms with Crippen molar-refractivity contribution in [1.29, 1.82) is 0 Å². The molecule has 7 heteroatoms. The second kappa shape index (κ2) is 11.6. The summed E-state index contributed by atoms with van der Waals surface area (Å²) in [5, 5.41) is 2.88. The molecule has 0 aliphatic carbocycles. The van der Waals surface area contributed by atoms with Gasteiger partial charge in [-0.3, -0.25) is 4.79 Å². The van der Waals surface area contributed by atoms with Gasteiger partial charge in [0.1, 0.15) is 0 Å². The normalized spacial score (nSPS) is 16.9. The lowest BCUT2D eigenvalue weighted by molar-refractivity contribution is -0.924. The largest absolute Gasteiger partial charge is 0.748 e. The van der Waals surface area contributed by atoms with E-state index in [1.165, 1.54) is 11.0 Å². The molecule has 0 bridgehead atoms. The molecule has 0 rings (SSSR count). The highest BCUT2D eigenvalue weighted by atomic mass is 32.2. The van der Waals surface area contributed by atoms with Gasteiger partial charge in [0.25, 0.3) is 0 Å². The minimum atomic E-state index is -4.15. The van der Waals surface area contributed by atoms with E-state index in [0.29, 0.717) is 12.3 Å². The Morgan fingerprint density at radius 3 is 2.38 bits per heavy atom. The average molecular weight is 363 g/mol. The van der Waals surface area contributed by atoms with Crippen LogP contribution < -0.4 is 10.2 Å². The molecule has 1 amide bonds. The molecule has 2 N–H and O–H groups in total. The van der Waals surface area contributed by atoms with Crippen LogP contribution in [0.2, 0.25) is 0 Å². The lowest BCUT2D eigenvalue weighted by Gasteiger charge is -2.29. The topological polar surface area (TPSA) is 90.7 Å². The number of hydrogen-bond donors (Lipinski definition) is 2. The molecule has 0 saturated heterocycles. The highest BCUT2D eigenvalue weighted by molar-refractivity contribution is 7.85. The van der Waals surface area contributed by atoms with Crippen molar-refractivity contribution in [2.75, 3.05) is 18.8 Å². The van der Waals surface area contributed by atoms with Gasteiger partial charge >= 0.3 is 0 Å². The van der Waals surface area contributed by atoms with Crippen molar-refractivity contribution in [3.05, 3.63) is 12.7 Å². The molecule has 4 unspecified atom stereocenters. The summed E-state index contributed by atoms with van der Waals surface area (Å²) in [4.78, 5) is 12.7. The van der Waals surface area contributed by atoms with E-state index in [1.54, 1.807) is 0 Å².